The van der Waals surface area contributed by atoms with E-state index in [1.807, 2.05) is 0 Å². The highest BCUT2D eigenvalue weighted by Crippen LogP contribution is 2.39. The van der Waals surface area contributed by atoms with Crippen molar-refractivity contribution in [3.63, 3.8) is 0 Å². The summed E-state index contributed by atoms with van der Waals surface area (Å²) in [6.45, 7) is 25.8. The van der Waals surface area contributed by atoms with Gasteiger partial charge in [0.15, 0.2) is 6.29 Å². The van der Waals surface area contributed by atoms with E-state index in [4.69, 9.17) is 37.9 Å². The first kappa shape index (κ1) is 64.6. The van der Waals surface area contributed by atoms with Crippen LogP contribution in [0.15, 0.2) is 11.8 Å². The molecule has 0 aromatic rings. The number of carbonyl (C=O) groups is 6. The van der Waals surface area contributed by atoms with Crippen LogP contribution < -0.4 is 31.9 Å². The van der Waals surface area contributed by atoms with Crippen LogP contribution >= 0.6 is 0 Å². The molecule has 25 heteroatoms. The summed E-state index contributed by atoms with van der Waals surface area (Å²) in [6, 6.07) is -5.00. The average Bonchev–Trinajstić information content (AvgIpc) is 3.21. The Morgan fingerprint density at radius 3 is 1.77 bits per heavy atom. The minimum Gasteiger partial charge on any atom is -0.491 e. The fraction of sp³-hybridized carbons (Fsp3) is 0.846. The quantitative estimate of drug-likeness (QED) is 0.105. The maximum atomic E-state index is 14.0. The van der Waals surface area contributed by atoms with Gasteiger partial charge in [-0.15, -0.1) is 0 Å². The van der Waals surface area contributed by atoms with Crippen LogP contribution in [0.1, 0.15) is 143 Å². The molecule has 25 nitrogen and oxygen atoms in total. The molecule has 77 heavy (non-hydrogen) atoms. The fourth-order valence-corrected chi connectivity index (χ4v) is 9.45. The first-order valence-electron chi connectivity index (χ1n) is 26.4. The van der Waals surface area contributed by atoms with Crippen LogP contribution in [-0.4, -0.2) is 195 Å². The third-order valence-corrected chi connectivity index (χ3v) is 12.6. The van der Waals surface area contributed by atoms with Crippen LogP contribution in [0.2, 0.25) is 0 Å². The van der Waals surface area contributed by atoms with Crippen molar-refractivity contribution in [2.75, 3.05) is 33.3 Å². The number of rotatable bonds is 15. The van der Waals surface area contributed by atoms with Crippen molar-refractivity contribution in [1.82, 2.24) is 36.8 Å². The second-order valence-corrected chi connectivity index (χ2v) is 25.8. The predicted molar refractivity (Wildman–Crippen MR) is 278 cm³/mol. The van der Waals surface area contributed by atoms with Gasteiger partial charge in [-0.3, -0.25) is 4.79 Å². The Bertz CT molecular complexity index is 2090. The zero-order valence-electron chi connectivity index (χ0n) is 48.2. The summed E-state index contributed by atoms with van der Waals surface area (Å²) in [7, 11) is 1.31. The van der Waals surface area contributed by atoms with Gasteiger partial charge in [0.05, 0.1) is 49.5 Å². The van der Waals surface area contributed by atoms with Crippen LogP contribution in [0, 0.1) is 5.92 Å². The molecule has 3 fully saturated rings. The monoisotopic (exact) mass is 1100 g/mol. The normalized spacial score (nSPS) is 29.1. The Morgan fingerprint density at radius 1 is 0.727 bits per heavy atom. The van der Waals surface area contributed by atoms with Crippen LogP contribution in [0.3, 0.4) is 0 Å². The summed E-state index contributed by atoms with van der Waals surface area (Å²) in [4.78, 5) is 81.3. The molecule has 1 saturated heterocycles. The predicted octanol–water partition coefficient (Wildman–Crippen LogP) is 3.32. The summed E-state index contributed by atoms with van der Waals surface area (Å²) >= 11 is 0. The maximum absolute atomic E-state index is 14.0. The highest BCUT2D eigenvalue weighted by atomic mass is 16.7. The van der Waals surface area contributed by atoms with Gasteiger partial charge >= 0.3 is 30.5 Å². The number of aliphatic hydroxyl groups is 4. The Kier molecular flexibility index (Phi) is 21.0. The highest BCUT2D eigenvalue weighted by Gasteiger charge is 2.57. The molecule has 0 spiro atoms. The molecule has 0 bridgehead atoms. The molecule has 442 valence electrons. The lowest BCUT2D eigenvalue weighted by molar-refractivity contribution is -0.305. The van der Waals surface area contributed by atoms with E-state index in [1.54, 1.807) is 110 Å². The number of hydrogen-bond acceptors (Lipinski definition) is 19. The second-order valence-electron chi connectivity index (χ2n) is 25.8. The summed E-state index contributed by atoms with van der Waals surface area (Å²) in [5, 5.41) is 64.9. The summed E-state index contributed by atoms with van der Waals surface area (Å²) in [5.41, 5.74) is -7.04. The minimum atomic E-state index is -1.91. The van der Waals surface area contributed by atoms with Crippen molar-refractivity contribution in [2.24, 2.45) is 5.92 Å². The number of alkyl carbamates (subject to hydrolysis) is 4. The van der Waals surface area contributed by atoms with Crippen LogP contribution in [0.4, 0.5) is 24.0 Å². The van der Waals surface area contributed by atoms with Gasteiger partial charge < -0.3 is 95.1 Å². The third-order valence-electron chi connectivity index (χ3n) is 12.6. The molecule has 10 N–H and O–H groups in total. The molecule has 1 unspecified atom stereocenters. The van der Waals surface area contributed by atoms with Crippen molar-refractivity contribution in [1.29, 1.82) is 0 Å². The van der Waals surface area contributed by atoms with Crippen molar-refractivity contribution in [3.8, 4) is 0 Å². The van der Waals surface area contributed by atoms with E-state index < -0.39 is 156 Å². The van der Waals surface area contributed by atoms with Gasteiger partial charge in [0.2, 0.25) is 0 Å². The van der Waals surface area contributed by atoms with Gasteiger partial charge in [-0.25, -0.2) is 24.0 Å². The van der Waals surface area contributed by atoms with Gasteiger partial charge in [0, 0.05) is 25.6 Å². The lowest BCUT2D eigenvalue weighted by atomic mass is 9.72. The zero-order chi connectivity index (χ0) is 58.4. The van der Waals surface area contributed by atoms with E-state index in [1.165, 1.54) is 14.0 Å². The molecule has 0 radical (unpaired) electrons. The topological polar surface area (TPSA) is 333 Å². The first-order valence-corrected chi connectivity index (χ1v) is 26.4. The number of likely N-dealkylation sites (N-methyl/N-ethyl adjacent to an activating group) is 1. The molecule has 2 aliphatic carbocycles. The number of aliphatic hydroxyl groups excluding tert-OH is 3. The van der Waals surface area contributed by atoms with Crippen LogP contribution in [-0.2, 0) is 42.7 Å². The molecule has 0 aromatic carbocycles. The zero-order valence-corrected chi connectivity index (χ0v) is 48.2. The van der Waals surface area contributed by atoms with Crippen LogP contribution in [0.25, 0.3) is 0 Å². The van der Waals surface area contributed by atoms with E-state index >= 15 is 0 Å². The molecule has 4 rings (SSSR count). The lowest BCUT2D eigenvalue weighted by Gasteiger charge is -2.52. The number of amides is 6. The van der Waals surface area contributed by atoms with Crippen molar-refractivity contribution >= 4 is 36.4 Å². The standard InChI is InChI=1S/C52H91N7O18/c1-46(2,3)73-41(64)54-25-32(60)39(63)55-31-23-30(57-43(66)75-48(7,8)9)33(34(61)37(31)72-40-35(62)38(51(16,69)27-70-40)59(17)45(68)77-50(13,14)15)36-29(56-42(65)74-47(4,5)6)20-19-28(71-36)24-53-26-52(21-18-22-52)58-44(67)76-49(10,11)12/h19,29-38,40,53,60-62,69H,18,20-27H2,1-17H3,(H,54,64)(H,55,63)(H,56,65)(H,57,66)(H,58,67)/t29-,30+,31-,32+,33?,34+,35-,36+,37+,38-,40-,51+/m1/s1. The highest BCUT2D eigenvalue weighted by molar-refractivity contribution is 5.82. The molecule has 6 amide bonds. The van der Waals surface area contributed by atoms with E-state index in [9.17, 15) is 49.2 Å². The van der Waals surface area contributed by atoms with Crippen LogP contribution in [0.5, 0.6) is 0 Å². The molecule has 2 aliphatic heterocycles. The van der Waals surface area contributed by atoms with Gasteiger partial charge in [-0.2, -0.15) is 0 Å². The number of ether oxygens (including phenoxy) is 8. The van der Waals surface area contributed by atoms with Gasteiger partial charge in [-0.05, 0) is 149 Å². The Morgan fingerprint density at radius 2 is 1.25 bits per heavy atom. The number of nitrogens with one attached hydrogen (secondary N) is 6. The summed E-state index contributed by atoms with van der Waals surface area (Å²) in [5.74, 6) is -1.99. The van der Waals surface area contributed by atoms with E-state index in [0.29, 0.717) is 25.1 Å². The number of nitrogens with zero attached hydrogens (tertiary/aromatic N) is 1. The van der Waals surface area contributed by atoms with Crippen molar-refractivity contribution in [3.05, 3.63) is 11.8 Å². The molecular formula is C52H91N7O18. The first-order chi connectivity index (χ1) is 35.1. The summed E-state index contributed by atoms with van der Waals surface area (Å²) < 4.78 is 46.9. The molecule has 2 heterocycles. The Labute approximate surface area is 453 Å². The second kappa shape index (κ2) is 25.0. The molecule has 4 aliphatic rings. The smallest absolute Gasteiger partial charge is 0.410 e. The fourth-order valence-electron chi connectivity index (χ4n) is 9.45. The number of hydrogen-bond donors (Lipinski definition) is 10. The molecule has 2 saturated carbocycles. The van der Waals surface area contributed by atoms with Crippen molar-refractivity contribution < 1.29 is 87.1 Å². The lowest BCUT2D eigenvalue weighted by Crippen LogP contribution is -2.71. The Balaban J connectivity index is 1.80. The van der Waals surface area contributed by atoms with E-state index in [0.717, 1.165) is 11.3 Å². The molecular weight excluding hydrogens is 1010 g/mol. The van der Waals surface area contributed by atoms with E-state index in [-0.39, 0.29) is 19.4 Å². The van der Waals surface area contributed by atoms with Crippen molar-refractivity contribution in [2.45, 2.75) is 243 Å². The average molecular weight is 1100 g/mol. The third kappa shape index (κ3) is 20.0. The summed E-state index contributed by atoms with van der Waals surface area (Å²) in [6.07, 6.45) is -10.6. The SMILES string of the molecule is CN(C(=O)OC(C)(C)C)[C@@H]1[C@@H](O)[C@@H](O[C@H]2[C@H](NC(=O)[C@@H](O)CNC(=O)OC(C)(C)C)C[C@H](NC(=O)OC(C)(C)C)C([C@H]3OC(CNCC4(NC(=O)OC(C)(C)C)CCC4)=CC[C@H]3NC(=O)OC(C)(C)C)[C@@H]2O)OC[C@]1(C)O. The number of carbonyl (C=O) groups excluding carboxylic acids is 6. The van der Waals surface area contributed by atoms with Gasteiger partial charge in [-0.1, -0.05) is 0 Å². The maximum Gasteiger partial charge on any atom is 0.410 e. The Hall–Kier alpha value is -4.92. The largest absolute Gasteiger partial charge is 0.491 e. The molecule has 0 aromatic heterocycles. The van der Waals surface area contributed by atoms with Gasteiger partial charge in [0.25, 0.3) is 5.91 Å². The van der Waals surface area contributed by atoms with E-state index in [2.05, 4.69) is 31.9 Å². The van der Waals surface area contributed by atoms with Gasteiger partial charge in [0.1, 0.15) is 63.8 Å². The minimum absolute atomic E-state index is 0.100. The molecule has 12 atom stereocenters.